The highest BCUT2D eigenvalue weighted by Gasteiger charge is 2.40. The van der Waals surface area contributed by atoms with E-state index in [1.54, 1.807) is 26.0 Å². The molecule has 10 nitrogen and oxygen atoms in total. The molecule has 160 valence electrons. The molecule has 0 saturated heterocycles. The Morgan fingerprint density at radius 3 is 2.21 bits per heavy atom. The number of benzene rings is 1. The van der Waals surface area contributed by atoms with E-state index in [1.807, 2.05) is 10.9 Å². The van der Waals surface area contributed by atoms with Crippen molar-refractivity contribution in [2.75, 3.05) is 20.3 Å². The third-order valence-electron chi connectivity index (χ3n) is 4.27. The van der Waals surface area contributed by atoms with Gasteiger partial charge in [-0.15, -0.1) is 0 Å². The molecule has 11 heteroatoms. The zero-order valence-electron chi connectivity index (χ0n) is 16.8. The molecular formula is C18H25N3O7S. The molecule has 29 heavy (non-hydrogen) atoms. The molecule has 0 aromatic heterocycles. The zero-order valence-corrected chi connectivity index (χ0v) is 17.6. The van der Waals surface area contributed by atoms with Crippen molar-refractivity contribution < 1.29 is 32.3 Å². The van der Waals surface area contributed by atoms with Gasteiger partial charge in [-0.3, -0.25) is 20.4 Å². The van der Waals surface area contributed by atoms with Crippen molar-refractivity contribution in [1.29, 1.82) is 0 Å². The number of sulfonamides is 1. The number of amides is 2. The highest BCUT2D eigenvalue weighted by atomic mass is 32.2. The summed E-state index contributed by atoms with van der Waals surface area (Å²) in [6.45, 7) is 4.36. The molecule has 1 aromatic rings. The maximum atomic E-state index is 13.3. The lowest BCUT2D eigenvalue weighted by Crippen LogP contribution is -2.50. The van der Waals surface area contributed by atoms with Crippen LogP contribution in [0.15, 0.2) is 17.0 Å². The molecular weight excluding hydrogens is 402 g/mol. The Bertz CT molecular complexity index is 887. The van der Waals surface area contributed by atoms with E-state index in [0.717, 1.165) is 4.31 Å². The van der Waals surface area contributed by atoms with Crippen molar-refractivity contribution in [2.24, 2.45) is 0 Å². The minimum atomic E-state index is -3.97. The van der Waals surface area contributed by atoms with E-state index in [1.165, 1.54) is 14.0 Å². The molecule has 2 N–H and O–H groups in total. The van der Waals surface area contributed by atoms with Gasteiger partial charge in [0.05, 0.1) is 25.2 Å². The number of methoxy groups -OCH3 is 1. The van der Waals surface area contributed by atoms with Gasteiger partial charge in [0.1, 0.15) is 5.75 Å². The van der Waals surface area contributed by atoms with E-state index in [0.29, 0.717) is 29.7 Å². The molecule has 0 radical (unpaired) electrons. The number of nitrogens with zero attached hydrogens (tertiary/aromatic N) is 1. The van der Waals surface area contributed by atoms with Crippen molar-refractivity contribution in [3.8, 4) is 5.75 Å². The molecule has 0 atom stereocenters. The Morgan fingerprint density at radius 1 is 1.14 bits per heavy atom. The zero-order chi connectivity index (χ0) is 21.8. The summed E-state index contributed by atoms with van der Waals surface area (Å²) >= 11 is 0. The molecule has 1 aromatic carbocycles. The van der Waals surface area contributed by atoms with Crippen molar-refractivity contribution in [3.05, 3.63) is 23.3 Å². The molecule has 0 heterocycles. The SMILES string of the molecule is CCOC(=O)C(=O)NNC(=O)CN(C1CC1)S(=O)(=O)c1c(C)cc(OC)cc1C. The first kappa shape index (κ1) is 22.6. The van der Waals surface area contributed by atoms with Crippen LogP contribution in [-0.4, -0.2) is 56.8 Å². The Morgan fingerprint density at radius 2 is 1.72 bits per heavy atom. The number of carbonyl (C=O) groups is 3. The van der Waals surface area contributed by atoms with Crippen LogP contribution in [0.3, 0.4) is 0 Å². The van der Waals surface area contributed by atoms with Gasteiger partial charge in [-0.2, -0.15) is 4.31 Å². The molecule has 1 aliphatic carbocycles. The fourth-order valence-electron chi connectivity index (χ4n) is 2.88. The van der Waals surface area contributed by atoms with Gasteiger partial charge in [-0.1, -0.05) is 0 Å². The van der Waals surface area contributed by atoms with Gasteiger partial charge in [-0.25, -0.2) is 13.2 Å². The van der Waals surface area contributed by atoms with Crippen molar-refractivity contribution in [2.45, 2.75) is 44.6 Å². The van der Waals surface area contributed by atoms with Crippen LogP contribution in [0.4, 0.5) is 0 Å². The van der Waals surface area contributed by atoms with Crippen LogP contribution in [0.25, 0.3) is 0 Å². The Labute approximate surface area is 169 Å². The van der Waals surface area contributed by atoms with Crippen LogP contribution in [0.1, 0.15) is 30.9 Å². The van der Waals surface area contributed by atoms with E-state index in [2.05, 4.69) is 4.74 Å². The third-order valence-corrected chi connectivity index (χ3v) is 6.47. The Hall–Kier alpha value is -2.66. The van der Waals surface area contributed by atoms with Crippen LogP contribution < -0.4 is 15.6 Å². The second kappa shape index (κ2) is 9.23. The van der Waals surface area contributed by atoms with Crippen LogP contribution in [0.2, 0.25) is 0 Å². The van der Waals surface area contributed by atoms with Gasteiger partial charge in [0.25, 0.3) is 5.91 Å². The molecule has 0 aliphatic heterocycles. The first-order valence-corrected chi connectivity index (χ1v) is 10.5. The van der Waals surface area contributed by atoms with E-state index in [9.17, 15) is 22.8 Å². The second-order valence-electron chi connectivity index (χ2n) is 6.59. The highest BCUT2D eigenvalue weighted by molar-refractivity contribution is 7.89. The number of rotatable bonds is 7. The lowest BCUT2D eigenvalue weighted by Gasteiger charge is -2.24. The minimum absolute atomic E-state index is 0.00840. The highest BCUT2D eigenvalue weighted by Crippen LogP contribution is 2.35. The van der Waals surface area contributed by atoms with E-state index in [4.69, 9.17) is 4.74 Å². The summed E-state index contributed by atoms with van der Waals surface area (Å²) in [7, 11) is -2.48. The number of aryl methyl sites for hydroxylation is 2. The number of hydrogen-bond acceptors (Lipinski definition) is 7. The first-order valence-electron chi connectivity index (χ1n) is 9.04. The van der Waals surface area contributed by atoms with E-state index >= 15 is 0 Å². The summed E-state index contributed by atoms with van der Waals surface area (Å²) in [5, 5.41) is 0. The fourth-order valence-corrected chi connectivity index (χ4v) is 4.94. The van der Waals surface area contributed by atoms with Gasteiger partial charge in [0, 0.05) is 6.04 Å². The van der Waals surface area contributed by atoms with Gasteiger partial charge >= 0.3 is 11.9 Å². The first-order chi connectivity index (χ1) is 13.6. The van der Waals surface area contributed by atoms with Gasteiger partial charge < -0.3 is 9.47 Å². The maximum Gasteiger partial charge on any atom is 0.398 e. The van der Waals surface area contributed by atoms with Crippen molar-refractivity contribution in [3.63, 3.8) is 0 Å². The van der Waals surface area contributed by atoms with Gasteiger partial charge in [0.2, 0.25) is 10.0 Å². The Kier molecular flexibility index (Phi) is 7.20. The summed E-state index contributed by atoms with van der Waals surface area (Å²) in [4.78, 5) is 35.1. The summed E-state index contributed by atoms with van der Waals surface area (Å²) in [5.41, 5.74) is 4.96. The predicted octanol–water partition coefficient (Wildman–Crippen LogP) is 0.176. The fraction of sp³-hybridized carbons (Fsp3) is 0.500. The second-order valence-corrected chi connectivity index (χ2v) is 8.42. The summed E-state index contributed by atoms with van der Waals surface area (Å²) in [5.74, 6) is -2.54. The maximum absolute atomic E-state index is 13.3. The van der Waals surface area contributed by atoms with E-state index in [-0.39, 0.29) is 17.5 Å². The lowest BCUT2D eigenvalue weighted by molar-refractivity contribution is -0.155. The normalized spacial score (nSPS) is 13.7. The van der Waals surface area contributed by atoms with Gasteiger partial charge in [0.15, 0.2) is 0 Å². The smallest absolute Gasteiger partial charge is 0.398 e. The molecule has 2 rings (SSSR count). The number of esters is 1. The predicted molar refractivity (Wildman–Crippen MR) is 102 cm³/mol. The topological polar surface area (TPSA) is 131 Å². The number of hydrogen-bond donors (Lipinski definition) is 2. The number of ether oxygens (including phenoxy) is 2. The standard InChI is InChI=1S/C18H25N3O7S/c1-5-28-18(24)17(23)20-19-15(22)10-21(13-6-7-13)29(25,26)16-11(2)8-14(27-4)9-12(16)3/h8-9,13H,5-7,10H2,1-4H3,(H,19,22)(H,20,23). The van der Waals surface area contributed by atoms with Crippen molar-refractivity contribution >= 4 is 27.8 Å². The summed E-state index contributed by atoms with van der Waals surface area (Å²) in [6.07, 6.45) is 1.27. The third kappa shape index (κ3) is 5.45. The number of nitrogens with one attached hydrogen (secondary N) is 2. The quantitative estimate of drug-likeness (QED) is 0.360. The molecule has 0 unspecified atom stereocenters. The largest absolute Gasteiger partial charge is 0.497 e. The monoisotopic (exact) mass is 427 g/mol. The summed E-state index contributed by atoms with van der Waals surface area (Å²) < 4.78 is 37.3. The van der Waals surface area contributed by atoms with Crippen LogP contribution >= 0.6 is 0 Å². The van der Waals surface area contributed by atoms with Gasteiger partial charge in [-0.05, 0) is 56.9 Å². The van der Waals surface area contributed by atoms with Crippen LogP contribution in [0.5, 0.6) is 5.75 Å². The molecule has 1 saturated carbocycles. The molecule has 0 bridgehead atoms. The molecule has 2 amide bonds. The average Bonchev–Trinajstić information content (AvgIpc) is 3.48. The lowest BCUT2D eigenvalue weighted by atomic mass is 10.1. The molecule has 1 fully saturated rings. The van der Waals surface area contributed by atoms with Crippen LogP contribution in [-0.2, 0) is 29.1 Å². The Balaban J connectivity index is 2.16. The van der Waals surface area contributed by atoms with E-state index < -0.39 is 34.4 Å². The summed E-state index contributed by atoms with van der Waals surface area (Å²) in [6, 6.07) is 2.93. The number of hydrazine groups is 1. The average molecular weight is 427 g/mol. The molecule has 0 spiro atoms. The molecule has 1 aliphatic rings. The number of carbonyl (C=O) groups excluding carboxylic acids is 3. The van der Waals surface area contributed by atoms with Crippen molar-refractivity contribution in [1.82, 2.24) is 15.2 Å². The minimum Gasteiger partial charge on any atom is -0.497 e. The van der Waals surface area contributed by atoms with Crippen LogP contribution in [0, 0.1) is 13.8 Å².